The lowest BCUT2D eigenvalue weighted by Crippen LogP contribution is -2.51. The molecule has 22 heavy (non-hydrogen) atoms. The molecule has 1 aromatic carbocycles. The smallest absolute Gasteiger partial charge is 0.347 e. The highest BCUT2D eigenvalue weighted by Crippen LogP contribution is 2.43. The molecule has 1 saturated carbocycles. The van der Waals surface area contributed by atoms with Crippen LogP contribution in [0.2, 0.25) is 0 Å². The first-order valence-electron chi connectivity index (χ1n) is 7.47. The predicted molar refractivity (Wildman–Crippen MR) is 78.0 cm³/mol. The maximum absolute atomic E-state index is 12.8. The van der Waals surface area contributed by atoms with Crippen LogP contribution in [0, 0.1) is 0 Å². The summed E-state index contributed by atoms with van der Waals surface area (Å²) in [4.78, 5) is 12.0. The molecule has 0 aromatic heterocycles. The molecule has 1 aliphatic carbocycles. The van der Waals surface area contributed by atoms with Crippen molar-refractivity contribution in [1.82, 2.24) is 5.32 Å². The van der Waals surface area contributed by atoms with Gasteiger partial charge >= 0.3 is 6.18 Å². The Morgan fingerprint density at radius 2 is 2.09 bits per heavy atom. The molecule has 1 aliphatic rings. The molecule has 0 heterocycles. The van der Waals surface area contributed by atoms with Gasteiger partial charge in [0.15, 0.2) is 0 Å². The third kappa shape index (κ3) is 3.80. The van der Waals surface area contributed by atoms with Gasteiger partial charge in [0.05, 0.1) is 11.1 Å². The number of alkyl halides is 3. The Labute approximate surface area is 128 Å². The zero-order chi connectivity index (χ0) is 16.4. The van der Waals surface area contributed by atoms with Crippen LogP contribution in [0.3, 0.4) is 0 Å². The Kier molecular flexibility index (Phi) is 4.80. The number of nitrogens with two attached hydrogens (primary N) is 1. The van der Waals surface area contributed by atoms with Crippen LogP contribution in [0.1, 0.15) is 50.2 Å². The first-order chi connectivity index (χ1) is 10.2. The van der Waals surface area contributed by atoms with Crippen molar-refractivity contribution < 1.29 is 18.0 Å². The fourth-order valence-corrected chi connectivity index (χ4v) is 2.70. The van der Waals surface area contributed by atoms with Crippen molar-refractivity contribution >= 4 is 5.91 Å². The van der Waals surface area contributed by atoms with E-state index in [-0.39, 0.29) is 11.9 Å². The number of halogens is 3. The Balaban J connectivity index is 2.15. The SMILES string of the molecule is CC(N)CCC(=O)NC1(c2cccc(C(F)(F)F)c2)CCC1. The van der Waals surface area contributed by atoms with E-state index in [4.69, 9.17) is 5.73 Å². The molecule has 1 amide bonds. The Bertz CT molecular complexity index is 536. The highest BCUT2D eigenvalue weighted by Gasteiger charge is 2.41. The number of rotatable bonds is 5. The number of amides is 1. The van der Waals surface area contributed by atoms with Gasteiger partial charge in [0.2, 0.25) is 5.91 Å². The van der Waals surface area contributed by atoms with Gasteiger partial charge in [-0.05, 0) is 50.3 Å². The van der Waals surface area contributed by atoms with Crippen molar-refractivity contribution in [3.8, 4) is 0 Å². The van der Waals surface area contributed by atoms with Gasteiger partial charge in [-0.15, -0.1) is 0 Å². The second-order valence-electron chi connectivity index (χ2n) is 6.08. The van der Waals surface area contributed by atoms with Crippen molar-refractivity contribution in [3.63, 3.8) is 0 Å². The Hall–Kier alpha value is -1.56. The van der Waals surface area contributed by atoms with Crippen LogP contribution < -0.4 is 11.1 Å². The summed E-state index contributed by atoms with van der Waals surface area (Å²) in [7, 11) is 0. The minimum Gasteiger partial charge on any atom is -0.347 e. The van der Waals surface area contributed by atoms with E-state index in [9.17, 15) is 18.0 Å². The average Bonchev–Trinajstić information content (AvgIpc) is 2.40. The second kappa shape index (κ2) is 6.28. The molecular formula is C16H21F3N2O. The predicted octanol–water partition coefficient (Wildman–Crippen LogP) is 3.33. The summed E-state index contributed by atoms with van der Waals surface area (Å²) >= 11 is 0. The first-order valence-corrected chi connectivity index (χ1v) is 7.47. The van der Waals surface area contributed by atoms with Gasteiger partial charge in [-0.3, -0.25) is 4.79 Å². The minimum absolute atomic E-state index is 0.0725. The molecule has 1 fully saturated rings. The molecule has 3 nitrogen and oxygen atoms in total. The monoisotopic (exact) mass is 314 g/mol. The maximum Gasteiger partial charge on any atom is 0.416 e. The number of nitrogens with one attached hydrogen (secondary N) is 1. The summed E-state index contributed by atoms with van der Waals surface area (Å²) < 4.78 is 38.5. The van der Waals surface area contributed by atoms with Crippen molar-refractivity contribution in [3.05, 3.63) is 35.4 Å². The van der Waals surface area contributed by atoms with Crippen LogP contribution >= 0.6 is 0 Å². The van der Waals surface area contributed by atoms with Crippen molar-refractivity contribution in [2.75, 3.05) is 0 Å². The third-order valence-corrected chi connectivity index (χ3v) is 4.16. The van der Waals surface area contributed by atoms with Gasteiger partial charge in [-0.25, -0.2) is 0 Å². The van der Waals surface area contributed by atoms with E-state index >= 15 is 0 Å². The lowest BCUT2D eigenvalue weighted by atomic mass is 9.71. The zero-order valence-corrected chi connectivity index (χ0v) is 12.5. The van der Waals surface area contributed by atoms with Crippen molar-refractivity contribution in [1.29, 1.82) is 0 Å². The van der Waals surface area contributed by atoms with Gasteiger partial charge in [0.25, 0.3) is 0 Å². The van der Waals surface area contributed by atoms with Gasteiger partial charge in [0.1, 0.15) is 0 Å². The van der Waals surface area contributed by atoms with E-state index in [0.717, 1.165) is 18.6 Å². The van der Waals surface area contributed by atoms with Crippen LogP contribution in [0.25, 0.3) is 0 Å². The topological polar surface area (TPSA) is 55.1 Å². The minimum atomic E-state index is -4.38. The fourth-order valence-electron chi connectivity index (χ4n) is 2.70. The van der Waals surface area contributed by atoms with E-state index in [2.05, 4.69) is 5.32 Å². The highest BCUT2D eigenvalue weighted by molar-refractivity contribution is 5.77. The van der Waals surface area contributed by atoms with Crippen molar-refractivity contribution in [2.24, 2.45) is 5.73 Å². The van der Waals surface area contributed by atoms with E-state index in [1.165, 1.54) is 6.07 Å². The highest BCUT2D eigenvalue weighted by atomic mass is 19.4. The fraction of sp³-hybridized carbons (Fsp3) is 0.562. The lowest BCUT2D eigenvalue weighted by molar-refractivity contribution is -0.137. The first kappa shape index (κ1) is 16.8. The van der Waals surface area contributed by atoms with Crippen LogP contribution in [0.5, 0.6) is 0 Å². The summed E-state index contributed by atoms with van der Waals surface area (Å²) in [5, 5.41) is 2.92. The van der Waals surface area contributed by atoms with Crippen LogP contribution in [0.4, 0.5) is 13.2 Å². The molecule has 0 aliphatic heterocycles. The van der Waals surface area contributed by atoms with E-state index in [1.54, 1.807) is 6.07 Å². The van der Waals surface area contributed by atoms with Crippen LogP contribution in [0.15, 0.2) is 24.3 Å². The van der Waals surface area contributed by atoms with Gasteiger partial charge in [-0.1, -0.05) is 12.1 Å². The Morgan fingerprint density at radius 3 is 2.59 bits per heavy atom. The number of hydrogen-bond donors (Lipinski definition) is 2. The summed E-state index contributed by atoms with van der Waals surface area (Å²) in [6, 6.07) is 5.17. The molecule has 0 spiro atoms. The molecule has 1 atom stereocenters. The standard InChI is InChI=1S/C16H21F3N2O/c1-11(20)6-7-14(22)21-15(8-3-9-15)12-4-2-5-13(10-12)16(17,18)19/h2,4-5,10-11H,3,6-9,20H2,1H3,(H,21,22). The number of carbonyl (C=O) groups excluding carboxylic acids is 1. The van der Waals surface area contributed by atoms with Gasteiger partial charge in [0, 0.05) is 12.5 Å². The quantitative estimate of drug-likeness (QED) is 0.876. The zero-order valence-electron chi connectivity index (χ0n) is 12.5. The molecule has 0 bridgehead atoms. The van der Waals surface area contributed by atoms with E-state index in [1.807, 2.05) is 6.92 Å². The second-order valence-corrected chi connectivity index (χ2v) is 6.08. The average molecular weight is 314 g/mol. The molecule has 1 aromatic rings. The normalized spacial score (nSPS) is 18.4. The summed E-state index contributed by atoms with van der Waals surface area (Å²) in [6.07, 6.45) is -1.30. The van der Waals surface area contributed by atoms with Gasteiger partial charge in [-0.2, -0.15) is 13.2 Å². The molecule has 2 rings (SSSR count). The molecule has 0 radical (unpaired) electrons. The summed E-state index contributed by atoms with van der Waals surface area (Å²) in [5.74, 6) is -0.158. The molecule has 122 valence electrons. The lowest BCUT2D eigenvalue weighted by Gasteiger charge is -2.43. The Morgan fingerprint density at radius 1 is 1.41 bits per heavy atom. The van der Waals surface area contributed by atoms with Crippen molar-refractivity contribution in [2.45, 2.75) is 56.8 Å². The number of carbonyl (C=O) groups is 1. The number of hydrogen-bond acceptors (Lipinski definition) is 2. The van der Waals surface area contributed by atoms with E-state index in [0.29, 0.717) is 31.2 Å². The molecule has 6 heteroatoms. The maximum atomic E-state index is 12.8. The molecule has 1 unspecified atom stereocenters. The molecule has 3 N–H and O–H groups in total. The molecular weight excluding hydrogens is 293 g/mol. The van der Waals surface area contributed by atoms with Crippen LogP contribution in [-0.2, 0) is 16.5 Å². The van der Waals surface area contributed by atoms with E-state index < -0.39 is 17.3 Å². The summed E-state index contributed by atoms with van der Waals surface area (Å²) in [6.45, 7) is 1.82. The summed E-state index contributed by atoms with van der Waals surface area (Å²) in [5.41, 5.74) is 4.82. The van der Waals surface area contributed by atoms with Crippen LogP contribution in [-0.4, -0.2) is 11.9 Å². The third-order valence-electron chi connectivity index (χ3n) is 4.16. The largest absolute Gasteiger partial charge is 0.416 e. The number of benzene rings is 1. The van der Waals surface area contributed by atoms with Gasteiger partial charge < -0.3 is 11.1 Å². The molecule has 0 saturated heterocycles.